The Labute approximate surface area is 205 Å². The van der Waals surface area contributed by atoms with Crippen LogP contribution < -0.4 is 10.2 Å². The molecule has 0 aromatic heterocycles. The highest BCUT2D eigenvalue weighted by Crippen LogP contribution is 2.16. The second-order valence-corrected chi connectivity index (χ2v) is 8.18. The van der Waals surface area contributed by atoms with Crippen molar-refractivity contribution in [2.24, 2.45) is 0 Å². The second kappa shape index (κ2) is 13.7. The molecule has 2 aromatic carbocycles. The molecule has 0 aliphatic rings. The number of carboxylic acid groups (broad SMARTS) is 1. The van der Waals surface area contributed by atoms with E-state index in [9.17, 15) is 19.6 Å². The van der Waals surface area contributed by atoms with Gasteiger partial charge in [-0.2, -0.15) is 0 Å². The van der Waals surface area contributed by atoms with Crippen LogP contribution in [-0.2, 0) is 27.5 Å². The number of nitrogens with zero attached hydrogens (tertiary/aromatic N) is 3. The lowest BCUT2D eigenvalue weighted by molar-refractivity contribution is -0.159. The molecule has 0 unspecified atom stereocenters. The summed E-state index contributed by atoms with van der Waals surface area (Å²) in [7, 11) is 5.81. The quantitative estimate of drug-likeness (QED) is 0.239. The van der Waals surface area contributed by atoms with Crippen LogP contribution >= 0.6 is 0 Å². The third-order valence-corrected chi connectivity index (χ3v) is 5.01. The van der Waals surface area contributed by atoms with Crippen molar-refractivity contribution in [3.8, 4) is 0 Å². The van der Waals surface area contributed by atoms with E-state index in [-0.39, 0.29) is 13.2 Å². The van der Waals surface area contributed by atoms with E-state index < -0.39 is 18.0 Å². The van der Waals surface area contributed by atoms with Gasteiger partial charge in [0, 0.05) is 50.7 Å². The van der Waals surface area contributed by atoms with Crippen LogP contribution in [0.3, 0.4) is 0 Å². The number of aliphatic carboxylic acids is 1. The fourth-order valence-corrected chi connectivity index (χ4v) is 3.11. The first kappa shape index (κ1) is 27.4. The van der Waals surface area contributed by atoms with Gasteiger partial charge in [0.2, 0.25) is 0 Å². The number of carboxylic acids is 1. The third kappa shape index (κ3) is 10.3. The van der Waals surface area contributed by atoms with Crippen LogP contribution in [0.15, 0.2) is 60.7 Å². The van der Waals surface area contributed by atoms with E-state index in [0.717, 1.165) is 22.9 Å². The summed E-state index contributed by atoms with van der Waals surface area (Å²) >= 11 is 0. The zero-order chi connectivity index (χ0) is 25.8. The second-order valence-electron chi connectivity index (χ2n) is 8.18. The maximum Gasteiger partial charge on any atom is 0.411 e. The van der Waals surface area contributed by atoms with Gasteiger partial charge in [0.1, 0.15) is 6.61 Å². The highest BCUT2D eigenvalue weighted by Gasteiger charge is 2.09. The van der Waals surface area contributed by atoms with E-state index in [4.69, 9.17) is 9.84 Å². The minimum Gasteiger partial charge on any atom is -0.478 e. The van der Waals surface area contributed by atoms with Crippen molar-refractivity contribution in [3.63, 3.8) is 0 Å². The Morgan fingerprint density at radius 1 is 0.914 bits per heavy atom. The maximum atomic E-state index is 12.1. The summed E-state index contributed by atoms with van der Waals surface area (Å²) in [5.41, 5.74) is 3.61. The molecule has 0 radical (unpaired) electrons. The molecule has 0 heterocycles. The Morgan fingerprint density at radius 2 is 1.54 bits per heavy atom. The van der Waals surface area contributed by atoms with Gasteiger partial charge in [0.25, 0.3) is 5.91 Å². The number of carbonyl (C=O) groups excluding carboxylic acids is 2. The van der Waals surface area contributed by atoms with Crippen molar-refractivity contribution in [2.45, 2.75) is 19.6 Å². The molecule has 0 bridgehead atoms. The van der Waals surface area contributed by atoms with Crippen LogP contribution in [0.2, 0.25) is 0 Å². The van der Waals surface area contributed by atoms with Gasteiger partial charge in [-0.05, 0) is 55.4 Å². The summed E-state index contributed by atoms with van der Waals surface area (Å²) in [6.45, 7) is 1.51. The van der Waals surface area contributed by atoms with E-state index in [2.05, 4.69) is 5.32 Å². The monoisotopic (exact) mass is 484 g/mol. The van der Waals surface area contributed by atoms with Crippen LogP contribution in [0.25, 0.3) is 0 Å². The van der Waals surface area contributed by atoms with Crippen molar-refractivity contribution in [3.05, 3.63) is 71.8 Å². The van der Waals surface area contributed by atoms with Crippen molar-refractivity contribution >= 4 is 29.3 Å². The summed E-state index contributed by atoms with van der Waals surface area (Å²) in [5.74, 6) is -2.03. The molecule has 3 N–H and O–H groups in total. The van der Waals surface area contributed by atoms with Crippen LogP contribution in [0, 0.1) is 0 Å². The van der Waals surface area contributed by atoms with E-state index in [1.54, 1.807) is 0 Å². The lowest BCUT2D eigenvalue weighted by Gasteiger charge is -2.19. The number of hydrogen-bond acceptors (Lipinski definition) is 7. The standard InChI is InChI=1S/C25H32N4O6/c1-27(2)22-11-9-21(10-12-22)26-25(33)35-18-20-7-5-19(6-8-20)17-28(3)15-4-16-29(34)23(30)13-14-24(31)32/h5-14,34H,4,15-18H2,1-3H3,(H,26,33)(H,31,32)/b14-13+. The molecule has 2 amide bonds. The molecule has 10 heteroatoms. The predicted molar refractivity (Wildman–Crippen MR) is 132 cm³/mol. The highest BCUT2D eigenvalue weighted by atomic mass is 16.5. The lowest BCUT2D eigenvalue weighted by atomic mass is 10.1. The third-order valence-electron chi connectivity index (χ3n) is 5.01. The summed E-state index contributed by atoms with van der Waals surface area (Å²) in [4.78, 5) is 38.0. The van der Waals surface area contributed by atoms with Crippen molar-refractivity contribution in [1.82, 2.24) is 9.96 Å². The average Bonchev–Trinajstić information content (AvgIpc) is 2.82. The Morgan fingerprint density at radius 3 is 2.14 bits per heavy atom. The molecule has 0 spiro atoms. The van der Waals surface area contributed by atoms with Gasteiger partial charge in [-0.15, -0.1) is 0 Å². The number of amides is 2. The first-order valence-electron chi connectivity index (χ1n) is 11.0. The molecule has 0 atom stereocenters. The molecular formula is C25H32N4O6. The fourth-order valence-electron chi connectivity index (χ4n) is 3.11. The van der Waals surface area contributed by atoms with Gasteiger partial charge in [-0.3, -0.25) is 15.3 Å². The van der Waals surface area contributed by atoms with Crippen molar-refractivity contribution < 1.29 is 29.4 Å². The summed E-state index contributed by atoms with van der Waals surface area (Å²) in [6, 6.07) is 15.1. The number of anilines is 2. The Balaban J connectivity index is 1.70. The van der Waals surface area contributed by atoms with Crippen molar-refractivity contribution in [1.29, 1.82) is 0 Å². The average molecular weight is 485 g/mol. The number of nitrogens with one attached hydrogen (secondary N) is 1. The first-order valence-corrected chi connectivity index (χ1v) is 11.0. The molecular weight excluding hydrogens is 452 g/mol. The fraction of sp³-hybridized carbons (Fsp3) is 0.320. The van der Waals surface area contributed by atoms with Crippen molar-refractivity contribution in [2.75, 3.05) is 44.4 Å². The molecule has 0 saturated heterocycles. The number of ether oxygens (including phenoxy) is 1. The molecule has 0 saturated carbocycles. The smallest absolute Gasteiger partial charge is 0.411 e. The first-order chi connectivity index (χ1) is 16.6. The van der Waals surface area contributed by atoms with Crippen LogP contribution in [0.1, 0.15) is 17.5 Å². The molecule has 2 rings (SSSR count). The van der Waals surface area contributed by atoms with Gasteiger partial charge in [-0.25, -0.2) is 14.7 Å². The minimum atomic E-state index is -1.25. The number of benzene rings is 2. The normalized spacial score (nSPS) is 10.9. The molecule has 0 fully saturated rings. The molecule has 2 aromatic rings. The van der Waals surface area contributed by atoms with Gasteiger partial charge >= 0.3 is 12.1 Å². The molecule has 188 valence electrons. The number of rotatable bonds is 12. The minimum absolute atomic E-state index is 0.0886. The molecule has 10 nitrogen and oxygen atoms in total. The molecule has 0 aliphatic carbocycles. The molecule has 0 aliphatic heterocycles. The van der Waals surface area contributed by atoms with Gasteiger partial charge in [0.15, 0.2) is 0 Å². The number of hydrogen-bond donors (Lipinski definition) is 3. The zero-order valence-corrected chi connectivity index (χ0v) is 20.2. The number of hydroxylamine groups is 2. The van der Waals surface area contributed by atoms with Gasteiger partial charge < -0.3 is 19.6 Å². The lowest BCUT2D eigenvalue weighted by Crippen LogP contribution is -2.29. The van der Waals surface area contributed by atoms with E-state index in [1.807, 2.05) is 79.5 Å². The van der Waals surface area contributed by atoms with Crippen LogP contribution in [-0.4, -0.2) is 72.5 Å². The largest absolute Gasteiger partial charge is 0.478 e. The van der Waals surface area contributed by atoms with E-state index in [1.165, 1.54) is 0 Å². The Bertz CT molecular complexity index is 1010. The van der Waals surface area contributed by atoms with E-state index in [0.29, 0.717) is 36.3 Å². The van der Waals surface area contributed by atoms with E-state index >= 15 is 0 Å². The SMILES string of the molecule is CN(CCCN(O)C(=O)/C=C/C(=O)O)Cc1ccc(COC(=O)Nc2ccc(N(C)C)cc2)cc1. The van der Waals surface area contributed by atoms with Gasteiger partial charge in [-0.1, -0.05) is 24.3 Å². The summed E-state index contributed by atoms with van der Waals surface area (Å²) in [5, 5.41) is 21.4. The van der Waals surface area contributed by atoms with Crippen LogP contribution in [0.4, 0.5) is 16.2 Å². The van der Waals surface area contributed by atoms with Crippen LogP contribution in [0.5, 0.6) is 0 Å². The summed E-state index contributed by atoms with van der Waals surface area (Å²) in [6.07, 6.45) is 1.48. The maximum absolute atomic E-state index is 12.1. The topological polar surface area (TPSA) is 123 Å². The summed E-state index contributed by atoms with van der Waals surface area (Å²) < 4.78 is 5.29. The Hall–Kier alpha value is -3.89. The predicted octanol–water partition coefficient (Wildman–Crippen LogP) is 3.18. The molecule has 35 heavy (non-hydrogen) atoms. The number of carbonyl (C=O) groups is 3. The Kier molecular flexibility index (Phi) is 10.7. The zero-order valence-electron chi connectivity index (χ0n) is 20.2. The van der Waals surface area contributed by atoms with Gasteiger partial charge in [0.05, 0.1) is 0 Å². The highest BCUT2D eigenvalue weighted by molar-refractivity contribution is 5.93.